The number of halogens is 1. The van der Waals surface area contributed by atoms with Gasteiger partial charge in [-0.05, 0) is 31.0 Å². The molecule has 0 bridgehead atoms. The van der Waals surface area contributed by atoms with E-state index in [4.69, 9.17) is 15.2 Å². The predicted octanol–water partition coefficient (Wildman–Crippen LogP) is 2.06. The molecule has 3 rings (SSSR count). The monoisotopic (exact) mass is 266 g/mol. The Morgan fingerprint density at radius 1 is 1.32 bits per heavy atom. The molecule has 2 heterocycles. The number of ether oxygens (including phenoxy) is 2. The molecule has 2 N–H and O–H groups in total. The van der Waals surface area contributed by atoms with Gasteiger partial charge in [-0.3, -0.25) is 0 Å². The van der Waals surface area contributed by atoms with Crippen molar-refractivity contribution < 1.29 is 13.9 Å². The summed E-state index contributed by atoms with van der Waals surface area (Å²) in [5, 5.41) is 0. The number of piperidine rings is 1. The topological polar surface area (TPSA) is 47.7 Å². The van der Waals surface area contributed by atoms with E-state index in [2.05, 4.69) is 4.90 Å². The van der Waals surface area contributed by atoms with Crippen LogP contribution in [0.3, 0.4) is 0 Å². The van der Waals surface area contributed by atoms with Gasteiger partial charge in [-0.1, -0.05) is 0 Å². The second-order valence-corrected chi connectivity index (χ2v) is 5.29. The van der Waals surface area contributed by atoms with Crippen molar-refractivity contribution in [1.82, 2.24) is 0 Å². The Morgan fingerprint density at radius 3 is 2.79 bits per heavy atom. The van der Waals surface area contributed by atoms with Gasteiger partial charge in [-0.25, -0.2) is 4.39 Å². The third-order valence-corrected chi connectivity index (χ3v) is 3.88. The Morgan fingerprint density at radius 2 is 2.05 bits per heavy atom. The molecule has 0 unspecified atom stereocenters. The van der Waals surface area contributed by atoms with Crippen LogP contribution in [0, 0.1) is 12.7 Å². The number of aryl methyl sites for hydroxylation is 1. The highest BCUT2D eigenvalue weighted by atomic mass is 19.1. The molecule has 19 heavy (non-hydrogen) atoms. The Bertz CT molecular complexity index is 487. The Balaban J connectivity index is 1.87. The molecule has 0 aromatic heterocycles. The summed E-state index contributed by atoms with van der Waals surface area (Å²) in [6.45, 7) is 4.59. The van der Waals surface area contributed by atoms with Gasteiger partial charge >= 0.3 is 0 Å². The van der Waals surface area contributed by atoms with E-state index in [-0.39, 0.29) is 5.82 Å². The number of anilines is 2. The van der Waals surface area contributed by atoms with E-state index in [9.17, 15) is 4.39 Å². The third-order valence-electron chi connectivity index (χ3n) is 3.88. The first-order valence-electron chi connectivity index (χ1n) is 6.68. The van der Waals surface area contributed by atoms with E-state index in [1.807, 2.05) is 0 Å². The molecule has 2 saturated heterocycles. The van der Waals surface area contributed by atoms with Crippen molar-refractivity contribution in [2.45, 2.75) is 25.6 Å². The van der Waals surface area contributed by atoms with Crippen molar-refractivity contribution in [3.05, 3.63) is 23.5 Å². The summed E-state index contributed by atoms with van der Waals surface area (Å²) in [5.74, 6) is -0.756. The summed E-state index contributed by atoms with van der Waals surface area (Å²) >= 11 is 0. The van der Waals surface area contributed by atoms with E-state index in [0.717, 1.165) is 25.1 Å². The SMILES string of the molecule is Cc1cc(N2CCCC3(C2)OCCO3)c(N)cc1F. The van der Waals surface area contributed by atoms with E-state index >= 15 is 0 Å². The average molecular weight is 266 g/mol. The molecule has 2 fully saturated rings. The van der Waals surface area contributed by atoms with Crippen LogP contribution >= 0.6 is 0 Å². The van der Waals surface area contributed by atoms with Crippen molar-refractivity contribution in [3.63, 3.8) is 0 Å². The second-order valence-electron chi connectivity index (χ2n) is 5.29. The summed E-state index contributed by atoms with van der Waals surface area (Å²) in [6.07, 6.45) is 1.89. The van der Waals surface area contributed by atoms with Gasteiger partial charge in [0.2, 0.25) is 0 Å². The molecule has 1 aromatic rings. The zero-order valence-electron chi connectivity index (χ0n) is 11.1. The quantitative estimate of drug-likeness (QED) is 0.790. The van der Waals surface area contributed by atoms with Crippen molar-refractivity contribution in [1.29, 1.82) is 0 Å². The number of rotatable bonds is 1. The zero-order chi connectivity index (χ0) is 13.5. The Labute approximate surface area is 112 Å². The van der Waals surface area contributed by atoms with Crippen LogP contribution in [0.5, 0.6) is 0 Å². The lowest BCUT2D eigenvalue weighted by atomic mass is 10.0. The van der Waals surface area contributed by atoms with Gasteiger partial charge in [0, 0.05) is 13.0 Å². The number of benzene rings is 1. The Kier molecular flexibility index (Phi) is 3.11. The van der Waals surface area contributed by atoms with Crippen LogP contribution in [-0.2, 0) is 9.47 Å². The summed E-state index contributed by atoms with van der Waals surface area (Å²) in [6, 6.07) is 3.20. The van der Waals surface area contributed by atoms with Crippen LogP contribution in [0.2, 0.25) is 0 Å². The van der Waals surface area contributed by atoms with Gasteiger partial charge in [0.15, 0.2) is 5.79 Å². The molecule has 2 aliphatic rings. The lowest BCUT2D eigenvalue weighted by molar-refractivity contribution is -0.161. The maximum absolute atomic E-state index is 13.5. The number of nitrogen functional groups attached to an aromatic ring is 1. The minimum Gasteiger partial charge on any atom is -0.397 e. The molecule has 2 aliphatic heterocycles. The van der Waals surface area contributed by atoms with Gasteiger partial charge in [-0.2, -0.15) is 0 Å². The van der Waals surface area contributed by atoms with E-state index in [1.54, 1.807) is 13.0 Å². The van der Waals surface area contributed by atoms with Crippen LogP contribution in [0.25, 0.3) is 0 Å². The predicted molar refractivity (Wildman–Crippen MR) is 71.6 cm³/mol. The first-order chi connectivity index (χ1) is 9.10. The van der Waals surface area contributed by atoms with Crippen LogP contribution in [0.1, 0.15) is 18.4 Å². The molecule has 4 nitrogen and oxygen atoms in total. The van der Waals surface area contributed by atoms with Crippen LogP contribution in [-0.4, -0.2) is 32.1 Å². The average Bonchev–Trinajstić information content (AvgIpc) is 2.82. The maximum Gasteiger partial charge on any atom is 0.186 e. The lowest BCUT2D eigenvalue weighted by Gasteiger charge is -2.40. The molecule has 0 aliphatic carbocycles. The van der Waals surface area contributed by atoms with Gasteiger partial charge in [0.05, 0.1) is 31.1 Å². The van der Waals surface area contributed by atoms with Crippen molar-refractivity contribution in [2.75, 3.05) is 36.9 Å². The van der Waals surface area contributed by atoms with Gasteiger partial charge < -0.3 is 20.1 Å². The maximum atomic E-state index is 13.5. The van der Waals surface area contributed by atoms with Crippen molar-refractivity contribution in [2.24, 2.45) is 0 Å². The van der Waals surface area contributed by atoms with Crippen LogP contribution < -0.4 is 10.6 Å². The largest absolute Gasteiger partial charge is 0.397 e. The highest BCUT2D eigenvalue weighted by molar-refractivity contribution is 5.69. The number of hydrogen-bond acceptors (Lipinski definition) is 4. The molecule has 1 aromatic carbocycles. The summed E-state index contributed by atoms with van der Waals surface area (Å²) in [4.78, 5) is 2.14. The fraction of sp³-hybridized carbons (Fsp3) is 0.571. The zero-order valence-corrected chi connectivity index (χ0v) is 11.1. The normalized spacial score (nSPS) is 22.1. The summed E-state index contributed by atoms with van der Waals surface area (Å²) in [7, 11) is 0. The van der Waals surface area contributed by atoms with E-state index < -0.39 is 5.79 Å². The molecule has 5 heteroatoms. The molecule has 0 radical (unpaired) electrons. The standard InChI is InChI=1S/C14H19FN2O2/c1-10-7-13(12(16)8-11(10)15)17-4-2-3-14(9-17)18-5-6-19-14/h7-8H,2-6,9,16H2,1H3. The minimum absolute atomic E-state index is 0.263. The molecular weight excluding hydrogens is 247 g/mol. The molecule has 104 valence electrons. The Hall–Kier alpha value is -1.33. The van der Waals surface area contributed by atoms with E-state index in [1.165, 1.54) is 6.07 Å². The first kappa shape index (κ1) is 12.7. The van der Waals surface area contributed by atoms with Gasteiger partial charge in [0.1, 0.15) is 5.82 Å². The minimum atomic E-state index is -0.493. The molecule has 1 spiro atoms. The summed E-state index contributed by atoms with van der Waals surface area (Å²) < 4.78 is 25.0. The summed E-state index contributed by atoms with van der Waals surface area (Å²) in [5.41, 5.74) is 7.90. The highest BCUT2D eigenvalue weighted by Crippen LogP contribution is 2.35. The number of hydrogen-bond donors (Lipinski definition) is 1. The van der Waals surface area contributed by atoms with Crippen molar-refractivity contribution >= 4 is 11.4 Å². The molecule has 0 atom stereocenters. The fourth-order valence-electron chi connectivity index (χ4n) is 2.88. The molecule has 0 amide bonds. The number of nitrogens with two attached hydrogens (primary N) is 1. The third kappa shape index (κ3) is 2.28. The first-order valence-corrected chi connectivity index (χ1v) is 6.68. The molecule has 0 saturated carbocycles. The smallest absolute Gasteiger partial charge is 0.186 e. The van der Waals surface area contributed by atoms with Gasteiger partial charge in [0.25, 0.3) is 0 Å². The van der Waals surface area contributed by atoms with Gasteiger partial charge in [-0.15, -0.1) is 0 Å². The lowest BCUT2D eigenvalue weighted by Crippen LogP contribution is -2.49. The molecular formula is C14H19FN2O2. The highest BCUT2D eigenvalue weighted by Gasteiger charge is 2.41. The van der Waals surface area contributed by atoms with Crippen LogP contribution in [0.15, 0.2) is 12.1 Å². The van der Waals surface area contributed by atoms with E-state index in [0.29, 0.717) is 31.0 Å². The van der Waals surface area contributed by atoms with Crippen LogP contribution in [0.4, 0.5) is 15.8 Å². The van der Waals surface area contributed by atoms with Crippen molar-refractivity contribution in [3.8, 4) is 0 Å². The number of nitrogens with zero attached hydrogens (tertiary/aromatic N) is 1. The fourth-order valence-corrected chi connectivity index (χ4v) is 2.88. The second kappa shape index (κ2) is 4.65.